The Labute approximate surface area is 122 Å². The molecule has 1 aromatic rings. The number of carbonyl (C=O) groups excluding carboxylic acids is 1. The van der Waals surface area contributed by atoms with Crippen LogP contribution in [0.25, 0.3) is 0 Å². The van der Waals surface area contributed by atoms with Crippen molar-refractivity contribution < 1.29 is 4.79 Å². The summed E-state index contributed by atoms with van der Waals surface area (Å²) in [5, 5.41) is 0. The van der Waals surface area contributed by atoms with Crippen LogP contribution in [0, 0.1) is 5.92 Å². The molecule has 0 amide bonds. The first kappa shape index (κ1) is 13.8. The van der Waals surface area contributed by atoms with Gasteiger partial charge < -0.3 is 0 Å². The molecule has 2 heteroatoms. The Morgan fingerprint density at radius 3 is 2.55 bits per heavy atom. The van der Waals surface area contributed by atoms with Gasteiger partial charge in [-0.05, 0) is 38.1 Å². The van der Waals surface area contributed by atoms with Crippen LogP contribution >= 0.6 is 0 Å². The topological polar surface area (TPSA) is 20.3 Å². The highest BCUT2D eigenvalue weighted by Crippen LogP contribution is 2.35. The molecule has 20 heavy (non-hydrogen) atoms. The van der Waals surface area contributed by atoms with E-state index >= 15 is 0 Å². The van der Waals surface area contributed by atoms with Crippen molar-refractivity contribution in [2.75, 3.05) is 13.1 Å². The maximum Gasteiger partial charge on any atom is 0.164 e. The summed E-state index contributed by atoms with van der Waals surface area (Å²) >= 11 is 0. The number of hydrogen-bond acceptors (Lipinski definition) is 2. The molecule has 0 bridgehead atoms. The van der Waals surface area contributed by atoms with Gasteiger partial charge in [0.05, 0.1) is 0 Å². The van der Waals surface area contributed by atoms with Gasteiger partial charge in [-0.2, -0.15) is 0 Å². The standard InChI is InChI=1S/C18H25NO/c20-18(16-9-2-1-3-10-16)12-14-19-13-6-11-17(19)15-7-4-5-8-15/h1-3,9-10,15,17H,4-8,11-14H2. The third-order valence-electron chi connectivity index (χ3n) is 5.08. The van der Waals surface area contributed by atoms with E-state index in [9.17, 15) is 4.79 Å². The minimum atomic E-state index is 0.294. The van der Waals surface area contributed by atoms with Gasteiger partial charge in [0.25, 0.3) is 0 Å². The number of Topliss-reactive ketones (excluding diaryl/α,β-unsaturated/α-hetero) is 1. The molecule has 1 aliphatic heterocycles. The molecular formula is C18H25NO. The van der Waals surface area contributed by atoms with Crippen LogP contribution in [-0.2, 0) is 0 Å². The van der Waals surface area contributed by atoms with Gasteiger partial charge in [0.2, 0.25) is 0 Å². The number of nitrogens with zero attached hydrogens (tertiary/aromatic N) is 1. The molecule has 0 spiro atoms. The summed E-state index contributed by atoms with van der Waals surface area (Å²) < 4.78 is 0. The summed E-state index contributed by atoms with van der Waals surface area (Å²) in [7, 11) is 0. The van der Waals surface area contributed by atoms with E-state index in [2.05, 4.69) is 4.90 Å². The quantitative estimate of drug-likeness (QED) is 0.757. The van der Waals surface area contributed by atoms with E-state index in [1.165, 1.54) is 45.1 Å². The zero-order chi connectivity index (χ0) is 13.8. The van der Waals surface area contributed by atoms with E-state index in [1.807, 2.05) is 30.3 Å². The zero-order valence-electron chi connectivity index (χ0n) is 12.3. The van der Waals surface area contributed by atoms with Crippen molar-refractivity contribution in [2.24, 2.45) is 5.92 Å². The van der Waals surface area contributed by atoms with Gasteiger partial charge >= 0.3 is 0 Å². The van der Waals surface area contributed by atoms with Crippen molar-refractivity contribution in [2.45, 2.75) is 51.0 Å². The first-order valence-corrected chi connectivity index (χ1v) is 8.17. The third-order valence-corrected chi connectivity index (χ3v) is 5.08. The Kier molecular flexibility index (Phi) is 4.51. The molecule has 2 aliphatic rings. The molecule has 1 heterocycles. The van der Waals surface area contributed by atoms with Gasteiger partial charge in [-0.1, -0.05) is 43.2 Å². The Balaban J connectivity index is 1.53. The Hall–Kier alpha value is -1.15. The molecular weight excluding hydrogens is 246 g/mol. The summed E-state index contributed by atoms with van der Waals surface area (Å²) in [6, 6.07) is 10.5. The second-order valence-corrected chi connectivity index (χ2v) is 6.33. The minimum Gasteiger partial charge on any atom is -0.300 e. The van der Waals surface area contributed by atoms with Crippen molar-refractivity contribution in [3.05, 3.63) is 35.9 Å². The molecule has 2 fully saturated rings. The Morgan fingerprint density at radius 1 is 1.05 bits per heavy atom. The van der Waals surface area contributed by atoms with Gasteiger partial charge in [-0.3, -0.25) is 9.69 Å². The van der Waals surface area contributed by atoms with E-state index in [-0.39, 0.29) is 0 Å². The van der Waals surface area contributed by atoms with Gasteiger partial charge in [-0.15, -0.1) is 0 Å². The highest BCUT2D eigenvalue weighted by atomic mass is 16.1. The average Bonchev–Trinajstić information content (AvgIpc) is 3.16. The second kappa shape index (κ2) is 6.53. The number of rotatable bonds is 5. The summed E-state index contributed by atoms with van der Waals surface area (Å²) in [6.07, 6.45) is 9.00. The molecule has 1 aliphatic carbocycles. The highest BCUT2D eigenvalue weighted by molar-refractivity contribution is 5.96. The molecule has 0 radical (unpaired) electrons. The first-order valence-electron chi connectivity index (χ1n) is 8.17. The van der Waals surface area contributed by atoms with Crippen LogP contribution in [0.15, 0.2) is 30.3 Å². The maximum absolute atomic E-state index is 12.2. The van der Waals surface area contributed by atoms with Crippen molar-refractivity contribution in [3.8, 4) is 0 Å². The fraction of sp³-hybridized carbons (Fsp3) is 0.611. The number of carbonyl (C=O) groups is 1. The number of hydrogen-bond donors (Lipinski definition) is 0. The molecule has 1 atom stereocenters. The van der Waals surface area contributed by atoms with Crippen molar-refractivity contribution >= 4 is 5.78 Å². The molecule has 2 nitrogen and oxygen atoms in total. The maximum atomic E-state index is 12.2. The van der Waals surface area contributed by atoms with Gasteiger partial charge in [0.15, 0.2) is 5.78 Å². The number of likely N-dealkylation sites (tertiary alicyclic amines) is 1. The van der Waals surface area contributed by atoms with Crippen molar-refractivity contribution in [1.82, 2.24) is 4.90 Å². The third kappa shape index (κ3) is 3.12. The van der Waals surface area contributed by atoms with E-state index in [0.29, 0.717) is 12.2 Å². The lowest BCUT2D eigenvalue weighted by molar-refractivity contribution is 0.0951. The molecule has 1 unspecified atom stereocenters. The van der Waals surface area contributed by atoms with Gasteiger partial charge in [-0.25, -0.2) is 0 Å². The van der Waals surface area contributed by atoms with Crippen LogP contribution in [0.2, 0.25) is 0 Å². The Morgan fingerprint density at radius 2 is 1.80 bits per heavy atom. The highest BCUT2D eigenvalue weighted by Gasteiger charge is 2.33. The van der Waals surface area contributed by atoms with Crippen molar-refractivity contribution in [1.29, 1.82) is 0 Å². The fourth-order valence-corrected chi connectivity index (χ4v) is 4.02. The van der Waals surface area contributed by atoms with Gasteiger partial charge in [0, 0.05) is 24.6 Å². The van der Waals surface area contributed by atoms with Crippen molar-refractivity contribution in [3.63, 3.8) is 0 Å². The molecule has 0 N–H and O–H groups in total. The van der Waals surface area contributed by atoms with E-state index in [1.54, 1.807) is 0 Å². The van der Waals surface area contributed by atoms with E-state index < -0.39 is 0 Å². The Bertz CT molecular complexity index is 436. The monoisotopic (exact) mass is 271 g/mol. The van der Waals surface area contributed by atoms with Crippen LogP contribution in [0.4, 0.5) is 0 Å². The fourth-order valence-electron chi connectivity index (χ4n) is 4.02. The lowest BCUT2D eigenvalue weighted by Gasteiger charge is -2.29. The molecule has 108 valence electrons. The first-order chi connectivity index (χ1) is 9.84. The predicted octanol–water partition coefficient (Wildman–Crippen LogP) is 3.91. The van der Waals surface area contributed by atoms with Gasteiger partial charge in [0.1, 0.15) is 0 Å². The summed E-state index contributed by atoms with van der Waals surface area (Å²) in [6.45, 7) is 2.15. The lowest BCUT2D eigenvalue weighted by Crippen LogP contribution is -2.36. The SMILES string of the molecule is O=C(CCN1CCCC1C1CCCC1)c1ccccc1. The van der Waals surface area contributed by atoms with Crippen LogP contribution in [0.3, 0.4) is 0 Å². The smallest absolute Gasteiger partial charge is 0.164 e. The molecule has 3 rings (SSSR count). The number of benzene rings is 1. The number of ketones is 1. The van der Waals surface area contributed by atoms with E-state index in [0.717, 1.165) is 24.1 Å². The summed E-state index contributed by atoms with van der Waals surface area (Å²) in [5.41, 5.74) is 0.865. The van der Waals surface area contributed by atoms with Crippen LogP contribution in [0.5, 0.6) is 0 Å². The van der Waals surface area contributed by atoms with Crippen LogP contribution in [-0.4, -0.2) is 29.8 Å². The molecule has 1 saturated carbocycles. The average molecular weight is 271 g/mol. The zero-order valence-corrected chi connectivity index (χ0v) is 12.3. The molecule has 0 aromatic heterocycles. The normalized spacial score (nSPS) is 24.3. The van der Waals surface area contributed by atoms with Crippen LogP contribution in [0.1, 0.15) is 55.3 Å². The summed E-state index contributed by atoms with van der Waals surface area (Å²) in [5.74, 6) is 1.20. The van der Waals surface area contributed by atoms with Crippen LogP contribution < -0.4 is 0 Å². The predicted molar refractivity (Wildman–Crippen MR) is 81.9 cm³/mol. The minimum absolute atomic E-state index is 0.294. The molecule has 1 aromatic carbocycles. The lowest BCUT2D eigenvalue weighted by atomic mass is 9.96. The molecule has 1 saturated heterocycles. The largest absolute Gasteiger partial charge is 0.300 e. The van der Waals surface area contributed by atoms with E-state index in [4.69, 9.17) is 0 Å². The second-order valence-electron chi connectivity index (χ2n) is 6.33. The summed E-state index contributed by atoms with van der Waals surface area (Å²) in [4.78, 5) is 14.8.